The summed E-state index contributed by atoms with van der Waals surface area (Å²) in [5.41, 5.74) is 10.6. The number of amidine groups is 1. The van der Waals surface area contributed by atoms with Crippen molar-refractivity contribution < 1.29 is 10.1 Å². The minimum Gasteiger partial charge on any atom is -0.398 e. The highest BCUT2D eigenvalue weighted by molar-refractivity contribution is 7.16. The van der Waals surface area contributed by atoms with Gasteiger partial charge in [0.05, 0.1) is 21.8 Å². The maximum Gasteiger partial charge on any atom is 0.169 e. The molecule has 4 rings (SSSR count). The summed E-state index contributed by atoms with van der Waals surface area (Å²) in [5, 5.41) is 14.4. The fourth-order valence-electron chi connectivity index (χ4n) is 3.93. The van der Waals surface area contributed by atoms with E-state index in [0.29, 0.717) is 16.6 Å². The van der Waals surface area contributed by atoms with Gasteiger partial charge in [0.25, 0.3) is 0 Å². The number of rotatable bonds is 4. The van der Waals surface area contributed by atoms with E-state index in [0.717, 1.165) is 43.0 Å². The molecule has 0 fully saturated rings. The van der Waals surface area contributed by atoms with Crippen LogP contribution in [0.1, 0.15) is 34.9 Å². The molecule has 2 heterocycles. The van der Waals surface area contributed by atoms with Crippen molar-refractivity contribution in [3.63, 3.8) is 0 Å². The van der Waals surface area contributed by atoms with Gasteiger partial charge in [-0.05, 0) is 49.8 Å². The number of aliphatic imine (C=N–C) groups is 1. The smallest absolute Gasteiger partial charge is 0.169 e. The van der Waals surface area contributed by atoms with E-state index in [-0.39, 0.29) is 6.17 Å². The molecule has 28 heavy (non-hydrogen) atoms. The molecule has 2 aromatic rings. The molecule has 2 aliphatic rings. The van der Waals surface area contributed by atoms with Gasteiger partial charge in [0.1, 0.15) is 17.0 Å². The second kappa shape index (κ2) is 7.73. The van der Waals surface area contributed by atoms with Crippen LogP contribution in [0.15, 0.2) is 17.1 Å². The van der Waals surface area contributed by atoms with Gasteiger partial charge in [-0.2, -0.15) is 0 Å². The van der Waals surface area contributed by atoms with E-state index in [2.05, 4.69) is 10.6 Å². The zero-order valence-corrected chi connectivity index (χ0v) is 17.6. The van der Waals surface area contributed by atoms with E-state index in [1.165, 1.54) is 27.2 Å². The summed E-state index contributed by atoms with van der Waals surface area (Å²) in [5.74, 6) is 1.43. The number of nitrogen functional groups attached to an aromatic ring is 1. The molecule has 8 heteroatoms. The molecule has 6 nitrogen and oxygen atoms in total. The predicted octanol–water partition coefficient (Wildman–Crippen LogP) is 2.54. The topological polar surface area (TPSA) is 97.3 Å². The lowest BCUT2D eigenvalue weighted by atomic mass is 9.87. The Hall–Kier alpha value is -2.09. The molecular weight excluding hydrogens is 394 g/mol. The molecule has 0 saturated carbocycles. The summed E-state index contributed by atoms with van der Waals surface area (Å²) >= 11 is 8.27. The third-order valence-corrected chi connectivity index (χ3v) is 6.77. The Balaban J connectivity index is 1.70. The minimum absolute atomic E-state index is 0.0158. The van der Waals surface area contributed by atoms with Gasteiger partial charge in [-0.15, -0.1) is 11.3 Å². The molecule has 1 aromatic heterocycles. The van der Waals surface area contributed by atoms with Crippen molar-refractivity contribution in [2.45, 2.75) is 32.4 Å². The molecule has 0 amide bonds. The van der Waals surface area contributed by atoms with Crippen LogP contribution in [-0.2, 0) is 17.6 Å². The summed E-state index contributed by atoms with van der Waals surface area (Å²) < 4.78 is 5.38. The molecule has 1 aliphatic heterocycles. The van der Waals surface area contributed by atoms with E-state index >= 15 is 0 Å². The number of thiophene rings is 1. The number of halogens is 1. The molecular formula is C20H25ClN5OS+. The summed E-state index contributed by atoms with van der Waals surface area (Å²) in [6.07, 6.45) is 4.68. The van der Waals surface area contributed by atoms with E-state index in [4.69, 9.17) is 32.5 Å². The zero-order valence-electron chi connectivity index (χ0n) is 16.0. The fraction of sp³-hybridized carbons (Fsp3) is 0.400. The first-order valence-electron chi connectivity index (χ1n) is 9.39. The Labute approximate surface area is 173 Å². The summed E-state index contributed by atoms with van der Waals surface area (Å²) in [6.45, 7) is 2.85. The SMILES string of the molecule is COCC1CCc2c(sc3c2C(Nc2cc(C=[NH2+])c(N)cc2Cl)=NC(C)N3)C1. The van der Waals surface area contributed by atoms with Crippen LogP contribution in [-0.4, -0.2) is 31.9 Å². The van der Waals surface area contributed by atoms with Crippen molar-refractivity contribution in [1.29, 1.82) is 0 Å². The van der Waals surface area contributed by atoms with Gasteiger partial charge in [-0.1, -0.05) is 11.6 Å². The molecule has 148 valence electrons. The van der Waals surface area contributed by atoms with Crippen molar-refractivity contribution >= 4 is 51.4 Å². The Morgan fingerprint density at radius 2 is 2.32 bits per heavy atom. The van der Waals surface area contributed by atoms with Crippen molar-refractivity contribution in [3.05, 3.63) is 38.7 Å². The molecule has 6 N–H and O–H groups in total. The Bertz CT molecular complexity index is 955. The Morgan fingerprint density at radius 3 is 3.07 bits per heavy atom. The van der Waals surface area contributed by atoms with Crippen LogP contribution in [0.4, 0.5) is 16.4 Å². The number of benzene rings is 1. The van der Waals surface area contributed by atoms with Gasteiger partial charge in [0, 0.05) is 24.3 Å². The average molecular weight is 419 g/mol. The molecule has 0 bridgehead atoms. The van der Waals surface area contributed by atoms with Crippen LogP contribution in [0.5, 0.6) is 0 Å². The lowest BCUT2D eigenvalue weighted by molar-refractivity contribution is -0.104. The van der Waals surface area contributed by atoms with E-state index in [1.807, 2.05) is 24.3 Å². The second-order valence-corrected chi connectivity index (χ2v) is 8.84. The number of nitrogens with two attached hydrogens (primary N) is 2. The quantitative estimate of drug-likeness (QED) is 0.453. The maximum absolute atomic E-state index is 6.43. The summed E-state index contributed by atoms with van der Waals surface area (Å²) in [7, 11) is 1.77. The minimum atomic E-state index is -0.0158. The van der Waals surface area contributed by atoms with Gasteiger partial charge in [0.2, 0.25) is 0 Å². The highest BCUT2D eigenvalue weighted by Gasteiger charge is 2.31. The van der Waals surface area contributed by atoms with E-state index in [1.54, 1.807) is 13.2 Å². The lowest BCUT2D eigenvalue weighted by Crippen LogP contribution is -2.30. The number of hydrogen-bond donors (Lipinski definition) is 4. The first kappa shape index (κ1) is 19.2. The number of methoxy groups -OCH3 is 1. The number of anilines is 3. The Kier molecular flexibility index (Phi) is 5.31. The van der Waals surface area contributed by atoms with Crippen molar-refractivity contribution in [3.8, 4) is 0 Å². The standard InChI is InChI=1S/C20H24ClN5OS/c1-10-24-19(26-16-6-12(8-22)15(23)7-14(16)21)18-13-4-3-11(9-27-2)5-17(13)28-20(18)25-10/h6-8,10-11,22,25H,3-5,9,23H2,1-2H3,(H,24,26)/p+1. The third-order valence-electron chi connectivity index (χ3n) is 5.27. The first-order valence-corrected chi connectivity index (χ1v) is 10.6. The summed E-state index contributed by atoms with van der Waals surface area (Å²) in [4.78, 5) is 6.24. The predicted molar refractivity (Wildman–Crippen MR) is 118 cm³/mol. The van der Waals surface area contributed by atoms with Gasteiger partial charge < -0.3 is 21.1 Å². The lowest BCUT2D eigenvalue weighted by Gasteiger charge is -2.25. The summed E-state index contributed by atoms with van der Waals surface area (Å²) in [6, 6.07) is 3.58. The molecule has 0 spiro atoms. The van der Waals surface area contributed by atoms with Crippen LogP contribution in [0.3, 0.4) is 0 Å². The number of ether oxygens (including phenoxy) is 1. The van der Waals surface area contributed by atoms with Gasteiger partial charge in [-0.25, -0.2) is 4.99 Å². The molecule has 1 aliphatic carbocycles. The average Bonchev–Trinajstić information content (AvgIpc) is 3.01. The van der Waals surface area contributed by atoms with Crippen molar-refractivity contribution in [2.75, 3.05) is 30.1 Å². The van der Waals surface area contributed by atoms with Crippen LogP contribution >= 0.6 is 22.9 Å². The van der Waals surface area contributed by atoms with Crippen LogP contribution in [0.2, 0.25) is 5.02 Å². The monoisotopic (exact) mass is 418 g/mol. The number of nitrogens with zero attached hydrogens (tertiary/aromatic N) is 1. The van der Waals surface area contributed by atoms with Crippen LogP contribution in [0, 0.1) is 5.92 Å². The molecule has 2 unspecified atom stereocenters. The maximum atomic E-state index is 6.43. The van der Waals surface area contributed by atoms with Gasteiger partial charge >= 0.3 is 0 Å². The second-order valence-electron chi connectivity index (χ2n) is 7.32. The number of fused-ring (bicyclic) bond motifs is 3. The van der Waals surface area contributed by atoms with Gasteiger partial charge in [0.15, 0.2) is 6.21 Å². The van der Waals surface area contributed by atoms with Crippen LogP contribution in [0.25, 0.3) is 0 Å². The highest BCUT2D eigenvalue weighted by Crippen LogP contribution is 2.42. The van der Waals surface area contributed by atoms with Crippen molar-refractivity contribution in [1.82, 2.24) is 0 Å². The van der Waals surface area contributed by atoms with Crippen LogP contribution < -0.4 is 21.8 Å². The Morgan fingerprint density at radius 1 is 1.50 bits per heavy atom. The normalized spacial score (nSPS) is 20.6. The number of hydrogen-bond acceptors (Lipinski definition) is 6. The highest BCUT2D eigenvalue weighted by atomic mass is 35.5. The molecule has 0 saturated heterocycles. The largest absolute Gasteiger partial charge is 0.398 e. The van der Waals surface area contributed by atoms with E-state index in [9.17, 15) is 0 Å². The zero-order chi connectivity index (χ0) is 19.8. The third kappa shape index (κ3) is 3.50. The first-order chi connectivity index (χ1) is 13.5. The van der Waals surface area contributed by atoms with Gasteiger partial charge in [-0.3, -0.25) is 5.41 Å². The number of nitrogens with one attached hydrogen (secondary N) is 2. The molecule has 0 radical (unpaired) electrons. The van der Waals surface area contributed by atoms with Crippen molar-refractivity contribution in [2.24, 2.45) is 10.9 Å². The molecule has 1 aromatic carbocycles. The molecule has 2 atom stereocenters. The van der Waals surface area contributed by atoms with E-state index < -0.39 is 0 Å². The fourth-order valence-corrected chi connectivity index (χ4v) is 5.60.